The Hall–Kier alpha value is -4.16. The van der Waals surface area contributed by atoms with Crippen LogP contribution in [0.3, 0.4) is 0 Å². The maximum absolute atomic E-state index is 13.4. The molecule has 0 fully saturated rings. The van der Waals surface area contributed by atoms with Crippen molar-refractivity contribution in [2.45, 2.75) is 23.1 Å². The summed E-state index contributed by atoms with van der Waals surface area (Å²) in [6.07, 6.45) is 1.34. The predicted molar refractivity (Wildman–Crippen MR) is 143 cm³/mol. The monoisotopic (exact) mass is 567 g/mol. The van der Waals surface area contributed by atoms with Gasteiger partial charge in [0.2, 0.25) is 10.9 Å². The van der Waals surface area contributed by atoms with Crippen LogP contribution in [0.15, 0.2) is 80.9 Å². The molecule has 0 saturated carbocycles. The van der Waals surface area contributed by atoms with E-state index in [9.17, 15) is 19.1 Å². The first kappa shape index (κ1) is 26.4. The zero-order valence-corrected chi connectivity index (χ0v) is 22.4. The number of amides is 1. The van der Waals surface area contributed by atoms with Crippen molar-refractivity contribution in [3.63, 3.8) is 0 Å². The number of nitrogens with zero attached hydrogens (tertiary/aromatic N) is 3. The number of anilines is 1. The zero-order valence-electron chi connectivity index (χ0n) is 20.8. The molecule has 2 aromatic carbocycles. The van der Waals surface area contributed by atoms with E-state index in [1.54, 1.807) is 36.4 Å². The number of carbonyl (C=O) groups excluding carboxylic acids is 2. The molecular weight excluding hydrogens is 545 g/mol. The van der Waals surface area contributed by atoms with Gasteiger partial charge in [0.05, 0.1) is 31.6 Å². The SMILES string of the molecule is CCOc1ccc(C2C(C(=O)c3ccco3)=C(O)C(=O)N2c2nnc(SCc3ccc(F)cc3)s2)cc1OC. The van der Waals surface area contributed by atoms with Crippen molar-refractivity contribution in [1.29, 1.82) is 0 Å². The molecule has 39 heavy (non-hydrogen) atoms. The summed E-state index contributed by atoms with van der Waals surface area (Å²) in [6, 6.07) is 13.1. The van der Waals surface area contributed by atoms with Crippen LogP contribution in [0.1, 0.15) is 34.6 Å². The summed E-state index contributed by atoms with van der Waals surface area (Å²) in [5.74, 6) is -1.09. The quantitative estimate of drug-likeness (QED) is 0.145. The largest absolute Gasteiger partial charge is 0.503 e. The Morgan fingerprint density at radius 2 is 1.97 bits per heavy atom. The fraction of sp³-hybridized carbons (Fsp3) is 0.185. The fourth-order valence-electron chi connectivity index (χ4n) is 4.10. The number of rotatable bonds is 10. The molecule has 0 radical (unpaired) electrons. The Morgan fingerprint density at radius 1 is 1.18 bits per heavy atom. The number of methoxy groups -OCH3 is 1. The summed E-state index contributed by atoms with van der Waals surface area (Å²) < 4.78 is 30.1. The molecule has 1 N–H and O–H groups in total. The minimum absolute atomic E-state index is 0.0260. The summed E-state index contributed by atoms with van der Waals surface area (Å²) in [4.78, 5) is 28.1. The number of Topliss-reactive ketones (excluding diaryl/α,β-unsaturated/α-hetero) is 1. The van der Waals surface area contributed by atoms with Gasteiger partial charge in [0.15, 0.2) is 27.4 Å². The molecule has 200 valence electrons. The van der Waals surface area contributed by atoms with Crippen LogP contribution in [0.2, 0.25) is 0 Å². The Morgan fingerprint density at radius 3 is 2.67 bits per heavy atom. The van der Waals surface area contributed by atoms with Gasteiger partial charge in [-0.2, -0.15) is 0 Å². The molecule has 0 aliphatic carbocycles. The molecule has 4 aromatic rings. The number of furan rings is 1. The predicted octanol–water partition coefficient (Wildman–Crippen LogP) is 5.75. The highest BCUT2D eigenvalue weighted by atomic mass is 32.2. The highest BCUT2D eigenvalue weighted by Crippen LogP contribution is 2.45. The van der Waals surface area contributed by atoms with E-state index >= 15 is 0 Å². The molecule has 0 saturated heterocycles. The third kappa shape index (κ3) is 5.25. The van der Waals surface area contributed by atoms with Crippen LogP contribution in [0.25, 0.3) is 0 Å². The van der Waals surface area contributed by atoms with E-state index in [2.05, 4.69) is 10.2 Å². The molecule has 1 unspecified atom stereocenters. The molecule has 1 atom stereocenters. The summed E-state index contributed by atoms with van der Waals surface area (Å²) >= 11 is 2.50. The van der Waals surface area contributed by atoms with Crippen molar-refractivity contribution in [3.05, 3.63) is 94.9 Å². The van der Waals surface area contributed by atoms with E-state index in [-0.39, 0.29) is 22.3 Å². The van der Waals surface area contributed by atoms with Gasteiger partial charge in [-0.15, -0.1) is 10.2 Å². The lowest BCUT2D eigenvalue weighted by molar-refractivity contribution is -0.117. The first-order valence-electron chi connectivity index (χ1n) is 11.8. The molecule has 1 aliphatic rings. The Bertz CT molecular complexity index is 1540. The second-order valence-electron chi connectivity index (χ2n) is 8.26. The third-order valence-corrected chi connectivity index (χ3v) is 8.01. The number of carbonyl (C=O) groups is 2. The number of hydrogen-bond donors (Lipinski definition) is 1. The maximum Gasteiger partial charge on any atom is 0.296 e. The number of aromatic nitrogens is 2. The van der Waals surface area contributed by atoms with Crippen molar-refractivity contribution in [2.75, 3.05) is 18.6 Å². The third-order valence-electron chi connectivity index (χ3n) is 5.88. The van der Waals surface area contributed by atoms with Gasteiger partial charge in [0, 0.05) is 5.75 Å². The second-order valence-corrected chi connectivity index (χ2v) is 10.4. The van der Waals surface area contributed by atoms with Crippen LogP contribution >= 0.6 is 23.1 Å². The number of hydrogen-bond acceptors (Lipinski definition) is 10. The number of ketones is 1. The van der Waals surface area contributed by atoms with Crippen LogP contribution in [0.5, 0.6) is 11.5 Å². The standard InChI is InChI=1S/C27H22FN3O6S2/c1-3-36-18-11-8-16(13-20(18)35-2)22-21(23(32)19-5-4-12-37-19)24(33)25(34)31(22)26-29-30-27(39-26)38-14-15-6-9-17(28)10-7-15/h4-13,22,33H,3,14H2,1-2H3. The van der Waals surface area contributed by atoms with Crippen LogP contribution < -0.4 is 14.4 Å². The van der Waals surface area contributed by atoms with Crippen LogP contribution in [0, 0.1) is 5.82 Å². The van der Waals surface area contributed by atoms with Gasteiger partial charge in [0.1, 0.15) is 5.82 Å². The molecule has 0 bridgehead atoms. The van der Waals surface area contributed by atoms with Crippen molar-refractivity contribution >= 4 is 39.9 Å². The van der Waals surface area contributed by atoms with E-state index in [4.69, 9.17) is 13.9 Å². The maximum atomic E-state index is 13.4. The van der Waals surface area contributed by atoms with Gasteiger partial charge < -0.3 is 19.0 Å². The minimum Gasteiger partial charge on any atom is -0.503 e. The Labute approximate surface area is 230 Å². The normalized spacial score (nSPS) is 15.2. The molecule has 9 nitrogen and oxygen atoms in total. The highest BCUT2D eigenvalue weighted by molar-refractivity contribution is 8.00. The molecule has 1 amide bonds. The number of halogens is 1. The van der Waals surface area contributed by atoms with Crippen molar-refractivity contribution < 1.29 is 33.0 Å². The summed E-state index contributed by atoms with van der Waals surface area (Å²) in [6.45, 7) is 2.25. The van der Waals surface area contributed by atoms with E-state index < -0.39 is 23.5 Å². The van der Waals surface area contributed by atoms with Gasteiger partial charge in [-0.05, 0) is 54.4 Å². The van der Waals surface area contributed by atoms with E-state index in [0.29, 0.717) is 33.8 Å². The smallest absolute Gasteiger partial charge is 0.296 e. The number of benzene rings is 2. The number of aliphatic hydroxyl groups excluding tert-OH is 1. The molecule has 5 rings (SSSR count). The van der Waals surface area contributed by atoms with E-state index in [0.717, 1.165) is 16.9 Å². The average Bonchev–Trinajstić information content (AvgIpc) is 3.69. The topological polar surface area (TPSA) is 115 Å². The lowest BCUT2D eigenvalue weighted by Crippen LogP contribution is -2.31. The van der Waals surface area contributed by atoms with Crippen molar-refractivity contribution in [1.82, 2.24) is 10.2 Å². The van der Waals surface area contributed by atoms with Crippen LogP contribution in [-0.4, -0.2) is 40.7 Å². The second kappa shape index (κ2) is 11.3. The Balaban J connectivity index is 1.52. The number of aliphatic hydroxyl groups is 1. The van der Waals surface area contributed by atoms with Gasteiger partial charge in [-0.25, -0.2) is 4.39 Å². The van der Waals surface area contributed by atoms with Gasteiger partial charge in [-0.3, -0.25) is 14.5 Å². The van der Waals surface area contributed by atoms with E-state index in [1.807, 2.05) is 6.92 Å². The lowest BCUT2D eigenvalue weighted by Gasteiger charge is -2.24. The average molecular weight is 568 g/mol. The molecule has 12 heteroatoms. The van der Waals surface area contributed by atoms with Crippen molar-refractivity contribution in [2.24, 2.45) is 0 Å². The van der Waals surface area contributed by atoms with Crippen molar-refractivity contribution in [3.8, 4) is 11.5 Å². The van der Waals surface area contributed by atoms with E-state index in [1.165, 1.54) is 48.2 Å². The van der Waals surface area contributed by atoms with Gasteiger partial charge >= 0.3 is 0 Å². The molecule has 2 aromatic heterocycles. The van der Waals surface area contributed by atoms with Crippen LogP contribution in [-0.2, 0) is 10.5 Å². The fourth-order valence-corrected chi connectivity index (χ4v) is 5.93. The first-order chi connectivity index (χ1) is 18.9. The molecule has 1 aliphatic heterocycles. The molecular formula is C27H22FN3O6S2. The van der Waals surface area contributed by atoms with Gasteiger partial charge in [-0.1, -0.05) is 41.3 Å². The summed E-state index contributed by atoms with van der Waals surface area (Å²) in [5.41, 5.74) is 1.22. The first-order valence-corrected chi connectivity index (χ1v) is 13.6. The highest BCUT2D eigenvalue weighted by Gasteiger charge is 2.47. The molecule has 0 spiro atoms. The summed E-state index contributed by atoms with van der Waals surface area (Å²) in [7, 11) is 1.48. The van der Waals surface area contributed by atoms with Gasteiger partial charge in [0.25, 0.3) is 5.91 Å². The Kier molecular flexibility index (Phi) is 7.66. The molecule has 3 heterocycles. The number of thioether (sulfide) groups is 1. The summed E-state index contributed by atoms with van der Waals surface area (Å²) in [5, 5.41) is 19.5. The number of ether oxygens (including phenoxy) is 2. The van der Waals surface area contributed by atoms with Crippen LogP contribution in [0.4, 0.5) is 9.52 Å². The lowest BCUT2D eigenvalue weighted by atomic mass is 9.95. The zero-order chi connectivity index (χ0) is 27.5. The minimum atomic E-state index is -1.04.